The van der Waals surface area contributed by atoms with Crippen LogP contribution in [-0.4, -0.2) is 39.6 Å². The summed E-state index contributed by atoms with van der Waals surface area (Å²) in [4.78, 5) is 18.0. The average molecular weight is 952 g/mol. The summed E-state index contributed by atoms with van der Waals surface area (Å²) in [5.41, 5.74) is 12.6. The SMILES string of the molecule is CCCCc1ccc2c(n1)NCCC2.CCCCc1ccc2cccnc2n1.I.II.NCCCc1ccc2c(n1)NCCC2.[HH]. The van der Waals surface area contributed by atoms with Crippen molar-refractivity contribution in [3.8, 4) is 0 Å². The van der Waals surface area contributed by atoms with E-state index in [9.17, 15) is 0 Å². The maximum Gasteiger partial charge on any atom is 0.159 e. The third-order valence-electron chi connectivity index (χ3n) is 7.64. The van der Waals surface area contributed by atoms with Crippen molar-refractivity contribution in [3.05, 3.63) is 82.9 Å². The lowest BCUT2D eigenvalue weighted by Gasteiger charge is -2.17. The first kappa shape index (κ1) is 39.8. The minimum absolute atomic E-state index is 0. The van der Waals surface area contributed by atoms with Crippen LogP contribution in [0.5, 0.6) is 0 Å². The van der Waals surface area contributed by atoms with Crippen LogP contribution in [0.25, 0.3) is 11.0 Å². The van der Waals surface area contributed by atoms with Crippen LogP contribution in [0, 0.1) is 0 Å². The summed E-state index contributed by atoms with van der Waals surface area (Å²) < 4.78 is 0. The molecule has 0 atom stereocenters. The summed E-state index contributed by atoms with van der Waals surface area (Å²) in [5, 5.41) is 7.82. The minimum atomic E-state index is 0. The predicted molar refractivity (Wildman–Crippen MR) is 222 cm³/mol. The molecule has 0 amide bonds. The zero-order valence-corrected chi connectivity index (χ0v) is 33.5. The van der Waals surface area contributed by atoms with Crippen molar-refractivity contribution in [2.24, 2.45) is 5.73 Å². The lowest BCUT2D eigenvalue weighted by Crippen LogP contribution is -2.14. The highest BCUT2D eigenvalue weighted by Gasteiger charge is 2.10. The van der Waals surface area contributed by atoms with Gasteiger partial charge in [0, 0.05) is 80.4 Å². The molecule has 45 heavy (non-hydrogen) atoms. The lowest BCUT2D eigenvalue weighted by atomic mass is 10.1. The number of halogens is 3. The minimum Gasteiger partial charge on any atom is -0.370 e. The molecular weight excluding hydrogens is 899 g/mol. The van der Waals surface area contributed by atoms with Gasteiger partial charge in [0.2, 0.25) is 0 Å². The summed E-state index contributed by atoms with van der Waals surface area (Å²) >= 11 is 4.24. The fourth-order valence-corrected chi connectivity index (χ4v) is 5.15. The number of rotatable bonds is 9. The van der Waals surface area contributed by atoms with Crippen LogP contribution < -0.4 is 16.4 Å². The van der Waals surface area contributed by atoms with Crippen LogP contribution in [0.4, 0.5) is 11.6 Å². The van der Waals surface area contributed by atoms with Crippen LogP contribution in [0.1, 0.15) is 88.4 Å². The number of hydrogen-bond acceptors (Lipinski definition) is 7. The van der Waals surface area contributed by atoms with Gasteiger partial charge >= 0.3 is 0 Å². The molecular formula is C35H52I3N7. The second-order valence-corrected chi connectivity index (χ2v) is 11.1. The summed E-state index contributed by atoms with van der Waals surface area (Å²) in [6.45, 7) is 7.29. The molecule has 0 saturated carbocycles. The lowest BCUT2D eigenvalue weighted by molar-refractivity contribution is 0.764. The first-order valence-corrected chi connectivity index (χ1v) is 22.5. The molecule has 248 valence electrons. The molecule has 4 N–H and O–H groups in total. The highest BCUT2D eigenvalue weighted by molar-refractivity contribution is 15.0. The molecule has 2 aliphatic heterocycles. The number of nitrogens with one attached hydrogen (secondary N) is 2. The molecule has 0 aliphatic carbocycles. The molecule has 0 bridgehead atoms. The molecule has 0 unspecified atom stereocenters. The molecule has 0 fully saturated rings. The van der Waals surface area contributed by atoms with E-state index in [1.54, 1.807) is 6.20 Å². The molecule has 6 heterocycles. The molecule has 0 radical (unpaired) electrons. The summed E-state index contributed by atoms with van der Waals surface area (Å²) in [5.74, 6) is 2.22. The van der Waals surface area contributed by atoms with Crippen molar-refractivity contribution in [3.63, 3.8) is 0 Å². The van der Waals surface area contributed by atoms with Crippen LogP contribution in [0.2, 0.25) is 0 Å². The molecule has 0 aromatic carbocycles. The predicted octanol–water partition coefficient (Wildman–Crippen LogP) is 9.72. The van der Waals surface area contributed by atoms with Gasteiger partial charge in [-0.25, -0.2) is 19.9 Å². The second-order valence-electron chi connectivity index (χ2n) is 11.1. The Hall–Kier alpha value is -1.39. The zero-order valence-electron chi connectivity index (χ0n) is 26.8. The Balaban J connectivity index is 0.000000329. The van der Waals surface area contributed by atoms with E-state index in [1.165, 1.54) is 61.8 Å². The van der Waals surface area contributed by atoms with Crippen LogP contribution >= 0.6 is 61.2 Å². The zero-order chi connectivity index (χ0) is 31.4. The topological polar surface area (TPSA) is 102 Å². The summed E-state index contributed by atoms with van der Waals surface area (Å²) in [6.07, 6.45) is 15.7. The van der Waals surface area contributed by atoms with E-state index in [4.69, 9.17) is 5.73 Å². The quantitative estimate of drug-likeness (QED) is 0.144. The van der Waals surface area contributed by atoms with E-state index in [2.05, 4.69) is 118 Å². The number of pyridine rings is 4. The van der Waals surface area contributed by atoms with Crippen molar-refractivity contribution >= 4 is 83.9 Å². The Morgan fingerprint density at radius 3 is 1.76 bits per heavy atom. The van der Waals surface area contributed by atoms with E-state index in [1.807, 2.05) is 12.1 Å². The van der Waals surface area contributed by atoms with Crippen molar-refractivity contribution in [2.45, 2.75) is 90.9 Å². The third-order valence-corrected chi connectivity index (χ3v) is 7.64. The summed E-state index contributed by atoms with van der Waals surface area (Å²) in [6, 6.07) is 16.9. The Kier molecular flexibility index (Phi) is 21.1. The fraction of sp³-hybridized carbons (Fsp3) is 0.486. The van der Waals surface area contributed by atoms with Gasteiger partial charge in [0.1, 0.15) is 11.6 Å². The highest BCUT2D eigenvalue weighted by atomic mass is 128. The highest BCUT2D eigenvalue weighted by Crippen LogP contribution is 2.21. The molecule has 6 rings (SSSR count). The molecule has 4 aromatic heterocycles. The van der Waals surface area contributed by atoms with Gasteiger partial charge in [0.15, 0.2) is 5.65 Å². The molecule has 2 aliphatic rings. The Bertz CT molecular complexity index is 1330. The first-order chi connectivity index (χ1) is 21.7. The second kappa shape index (κ2) is 23.9. The van der Waals surface area contributed by atoms with E-state index < -0.39 is 0 Å². The van der Waals surface area contributed by atoms with Crippen LogP contribution in [0.3, 0.4) is 0 Å². The van der Waals surface area contributed by atoms with Crippen LogP contribution in [-0.2, 0) is 32.1 Å². The Morgan fingerprint density at radius 2 is 1.22 bits per heavy atom. The smallest absolute Gasteiger partial charge is 0.159 e. The number of hydrogen-bond donors (Lipinski definition) is 3. The number of aryl methyl sites for hydroxylation is 5. The molecule has 4 aromatic rings. The van der Waals surface area contributed by atoms with E-state index in [0.29, 0.717) is 0 Å². The number of nitrogens with two attached hydrogens (primary N) is 1. The van der Waals surface area contributed by atoms with Crippen molar-refractivity contribution in [2.75, 3.05) is 30.3 Å². The number of unbranched alkanes of at least 4 members (excludes halogenated alkanes) is 2. The standard InChI is InChI=1S/C12H18N2.C12H14N2.C11H17N3.I2.HI.H2/c2*1-2-3-6-11-8-7-10-5-4-9-13-12(10)14-11;12-7-1-4-10-6-5-9-3-2-8-13-11(9)14-10;1-2;;/h7-8H,2-6,9H2,1H3,(H,13,14);4-5,7-9H,2-3,6H2,1H3;5-6H,1-4,7-8,12H2,(H,13,14);;2*1H. The maximum atomic E-state index is 5.47. The van der Waals surface area contributed by atoms with Gasteiger partial charge in [0.05, 0.1) is 0 Å². The Labute approximate surface area is 312 Å². The number of aromatic nitrogens is 4. The van der Waals surface area contributed by atoms with Gasteiger partial charge in [-0.1, -0.05) is 38.8 Å². The normalized spacial score (nSPS) is 12.6. The van der Waals surface area contributed by atoms with Gasteiger partial charge in [-0.2, -0.15) is 0 Å². The van der Waals surface area contributed by atoms with Gasteiger partial charge in [-0.05, 0) is 118 Å². The molecule has 0 saturated heterocycles. The van der Waals surface area contributed by atoms with Gasteiger partial charge < -0.3 is 16.4 Å². The third kappa shape index (κ3) is 14.1. The molecule has 7 nitrogen and oxygen atoms in total. The average Bonchev–Trinajstić information content (AvgIpc) is 3.10. The molecule has 10 heteroatoms. The molecule has 0 spiro atoms. The van der Waals surface area contributed by atoms with Crippen molar-refractivity contribution < 1.29 is 1.43 Å². The van der Waals surface area contributed by atoms with Crippen molar-refractivity contribution in [1.82, 2.24) is 19.9 Å². The van der Waals surface area contributed by atoms with Gasteiger partial charge in [-0.3, -0.25) is 0 Å². The van der Waals surface area contributed by atoms with Crippen LogP contribution in [0.15, 0.2) is 54.7 Å². The summed E-state index contributed by atoms with van der Waals surface area (Å²) in [7, 11) is 0. The number of fused-ring (bicyclic) bond motifs is 3. The van der Waals surface area contributed by atoms with Crippen molar-refractivity contribution in [1.29, 1.82) is 0 Å². The van der Waals surface area contributed by atoms with E-state index in [0.717, 1.165) is 85.8 Å². The number of anilines is 2. The van der Waals surface area contributed by atoms with Gasteiger partial charge in [-0.15, -0.1) is 24.0 Å². The van der Waals surface area contributed by atoms with E-state index >= 15 is 0 Å². The van der Waals surface area contributed by atoms with E-state index in [-0.39, 0.29) is 25.4 Å². The van der Waals surface area contributed by atoms with Gasteiger partial charge in [0.25, 0.3) is 0 Å². The largest absolute Gasteiger partial charge is 0.370 e. The Morgan fingerprint density at radius 1 is 0.711 bits per heavy atom. The number of nitrogens with zero attached hydrogens (tertiary/aromatic N) is 4. The monoisotopic (exact) mass is 951 g/mol. The first-order valence-electron chi connectivity index (χ1n) is 16.2. The maximum absolute atomic E-state index is 5.47. The fourth-order valence-electron chi connectivity index (χ4n) is 5.15.